The van der Waals surface area contributed by atoms with Crippen molar-refractivity contribution in [3.8, 4) is 0 Å². The number of aromatic nitrogens is 1. The number of halogens is 1. The lowest BCUT2D eigenvalue weighted by Gasteiger charge is -2.17. The second kappa shape index (κ2) is 6.25. The number of nitrogens with zero attached hydrogens (tertiary/aromatic N) is 1. The third kappa shape index (κ3) is 3.30. The number of ether oxygens (including phenoxy) is 1. The number of benzene rings is 1. The molecule has 0 aliphatic rings. The number of rotatable bonds is 4. The van der Waals surface area contributed by atoms with Crippen LogP contribution >= 0.6 is 11.6 Å². The Morgan fingerprint density at radius 2 is 2.05 bits per heavy atom. The predicted molar refractivity (Wildman–Crippen MR) is 81.4 cm³/mol. The van der Waals surface area contributed by atoms with Gasteiger partial charge in [0.2, 0.25) is 0 Å². The summed E-state index contributed by atoms with van der Waals surface area (Å²) >= 11 is 6.14. The highest BCUT2D eigenvalue weighted by atomic mass is 35.5. The molecular formula is C16H18ClNO2. The summed E-state index contributed by atoms with van der Waals surface area (Å²) in [4.78, 5) is 12.1. The summed E-state index contributed by atoms with van der Waals surface area (Å²) in [5.41, 5.74) is 2.95. The Morgan fingerprint density at radius 1 is 1.30 bits per heavy atom. The molecule has 1 heterocycles. The molecule has 0 radical (unpaired) electrons. The summed E-state index contributed by atoms with van der Waals surface area (Å²) < 4.78 is 6.84. The number of hydrogen-bond donors (Lipinski definition) is 0. The van der Waals surface area contributed by atoms with Crippen LogP contribution in [0.4, 0.5) is 0 Å². The lowest BCUT2D eigenvalue weighted by Crippen LogP contribution is -2.22. The fraction of sp³-hybridized carbons (Fsp3) is 0.312. The Hall–Kier alpha value is -1.58. The topological polar surface area (TPSA) is 31.2 Å². The monoisotopic (exact) mass is 291 g/mol. The Kier molecular flexibility index (Phi) is 4.63. The lowest BCUT2D eigenvalue weighted by molar-refractivity contribution is 0.185. The number of aryl methyl sites for hydroxylation is 1. The molecule has 2 aromatic rings. The molecule has 0 saturated heterocycles. The van der Waals surface area contributed by atoms with Crippen molar-refractivity contribution in [3.63, 3.8) is 0 Å². The summed E-state index contributed by atoms with van der Waals surface area (Å²) in [5, 5.41) is 0.654. The molecule has 0 bridgehead atoms. The van der Waals surface area contributed by atoms with Crippen molar-refractivity contribution in [2.24, 2.45) is 0 Å². The van der Waals surface area contributed by atoms with Gasteiger partial charge < -0.3 is 9.30 Å². The van der Waals surface area contributed by atoms with E-state index in [0.29, 0.717) is 11.6 Å². The SMILES string of the molecule is COCc1cc(Cl)cc(C(C)n2ccc(C)cc2=O)c1. The van der Waals surface area contributed by atoms with Gasteiger partial charge in [0.15, 0.2) is 0 Å². The second-order valence-electron chi connectivity index (χ2n) is 4.95. The molecule has 0 fully saturated rings. The number of methoxy groups -OCH3 is 1. The molecule has 1 aromatic carbocycles. The van der Waals surface area contributed by atoms with Crippen molar-refractivity contribution in [1.29, 1.82) is 0 Å². The van der Waals surface area contributed by atoms with Gasteiger partial charge in [-0.05, 0) is 48.7 Å². The van der Waals surface area contributed by atoms with Crippen molar-refractivity contribution < 1.29 is 4.74 Å². The molecule has 3 nitrogen and oxygen atoms in total. The average Bonchev–Trinajstić information content (AvgIpc) is 2.37. The minimum Gasteiger partial charge on any atom is -0.380 e. The fourth-order valence-electron chi connectivity index (χ4n) is 2.24. The quantitative estimate of drug-likeness (QED) is 0.862. The van der Waals surface area contributed by atoms with Crippen LogP contribution in [0.2, 0.25) is 5.02 Å². The zero-order chi connectivity index (χ0) is 14.7. The van der Waals surface area contributed by atoms with Gasteiger partial charge in [-0.2, -0.15) is 0 Å². The van der Waals surface area contributed by atoms with E-state index in [0.717, 1.165) is 16.7 Å². The van der Waals surface area contributed by atoms with Crippen LogP contribution in [0, 0.1) is 6.92 Å². The van der Waals surface area contributed by atoms with E-state index in [-0.39, 0.29) is 11.6 Å². The maximum absolute atomic E-state index is 12.1. The van der Waals surface area contributed by atoms with Gasteiger partial charge in [-0.25, -0.2) is 0 Å². The first-order valence-electron chi connectivity index (χ1n) is 6.48. The maximum Gasteiger partial charge on any atom is 0.251 e. The van der Waals surface area contributed by atoms with Crippen LogP contribution in [-0.4, -0.2) is 11.7 Å². The summed E-state index contributed by atoms with van der Waals surface area (Å²) in [6.45, 7) is 4.40. The summed E-state index contributed by atoms with van der Waals surface area (Å²) in [5.74, 6) is 0. The molecule has 106 valence electrons. The third-order valence-electron chi connectivity index (χ3n) is 3.29. The fourth-order valence-corrected chi connectivity index (χ4v) is 2.50. The standard InChI is InChI=1S/C16H18ClNO2/c1-11-4-5-18(16(19)6-11)12(2)14-7-13(10-20-3)8-15(17)9-14/h4-9,12H,10H2,1-3H3. The minimum absolute atomic E-state index is 0.00855. The van der Waals surface area contributed by atoms with Gasteiger partial charge in [-0.1, -0.05) is 17.7 Å². The average molecular weight is 292 g/mol. The van der Waals surface area contributed by atoms with E-state index >= 15 is 0 Å². The Bertz CT molecular complexity index is 664. The van der Waals surface area contributed by atoms with E-state index < -0.39 is 0 Å². The smallest absolute Gasteiger partial charge is 0.251 e. The van der Waals surface area contributed by atoms with Gasteiger partial charge in [0, 0.05) is 24.4 Å². The van der Waals surface area contributed by atoms with E-state index in [1.807, 2.05) is 44.3 Å². The van der Waals surface area contributed by atoms with Crippen LogP contribution in [0.1, 0.15) is 29.7 Å². The van der Waals surface area contributed by atoms with Crippen LogP contribution in [0.3, 0.4) is 0 Å². The molecule has 1 unspecified atom stereocenters. The molecule has 0 aliphatic carbocycles. The Labute approximate surface area is 123 Å². The van der Waals surface area contributed by atoms with Crippen molar-refractivity contribution in [1.82, 2.24) is 4.57 Å². The zero-order valence-electron chi connectivity index (χ0n) is 11.9. The van der Waals surface area contributed by atoms with Gasteiger partial charge in [-0.3, -0.25) is 4.79 Å². The molecule has 1 atom stereocenters. The lowest BCUT2D eigenvalue weighted by atomic mass is 10.0. The molecule has 0 spiro atoms. The van der Waals surface area contributed by atoms with Crippen LogP contribution in [-0.2, 0) is 11.3 Å². The number of hydrogen-bond acceptors (Lipinski definition) is 2. The molecule has 20 heavy (non-hydrogen) atoms. The molecular weight excluding hydrogens is 274 g/mol. The molecule has 1 aromatic heterocycles. The van der Waals surface area contributed by atoms with E-state index in [4.69, 9.17) is 16.3 Å². The van der Waals surface area contributed by atoms with E-state index in [1.54, 1.807) is 17.7 Å². The maximum atomic E-state index is 12.1. The predicted octanol–water partition coefficient (Wildman–Crippen LogP) is 3.57. The van der Waals surface area contributed by atoms with Crippen LogP contribution in [0.5, 0.6) is 0 Å². The van der Waals surface area contributed by atoms with Gasteiger partial charge in [0.1, 0.15) is 0 Å². The van der Waals surface area contributed by atoms with E-state index in [9.17, 15) is 4.79 Å². The Morgan fingerprint density at radius 3 is 2.70 bits per heavy atom. The molecule has 4 heteroatoms. The zero-order valence-corrected chi connectivity index (χ0v) is 12.6. The Balaban J connectivity index is 2.42. The highest BCUT2D eigenvalue weighted by Gasteiger charge is 2.11. The second-order valence-corrected chi connectivity index (χ2v) is 5.39. The largest absolute Gasteiger partial charge is 0.380 e. The molecule has 2 rings (SSSR count). The first-order valence-corrected chi connectivity index (χ1v) is 6.86. The summed E-state index contributed by atoms with van der Waals surface area (Å²) in [7, 11) is 1.65. The van der Waals surface area contributed by atoms with Gasteiger partial charge >= 0.3 is 0 Å². The van der Waals surface area contributed by atoms with Crippen LogP contribution < -0.4 is 5.56 Å². The van der Waals surface area contributed by atoms with Crippen molar-refractivity contribution in [2.45, 2.75) is 26.5 Å². The first kappa shape index (κ1) is 14.8. The first-order chi connectivity index (χ1) is 9.51. The molecule has 0 N–H and O–H groups in total. The van der Waals surface area contributed by atoms with Crippen LogP contribution in [0.15, 0.2) is 41.3 Å². The van der Waals surface area contributed by atoms with Crippen molar-refractivity contribution >= 4 is 11.6 Å². The highest BCUT2D eigenvalue weighted by Crippen LogP contribution is 2.23. The van der Waals surface area contributed by atoms with E-state index in [1.165, 1.54) is 0 Å². The summed E-state index contributed by atoms with van der Waals surface area (Å²) in [6.07, 6.45) is 1.82. The van der Waals surface area contributed by atoms with Crippen molar-refractivity contribution in [3.05, 3.63) is 68.6 Å². The minimum atomic E-state index is -0.0718. The summed E-state index contributed by atoms with van der Waals surface area (Å²) in [6, 6.07) is 9.27. The van der Waals surface area contributed by atoms with Gasteiger partial charge in [0.05, 0.1) is 12.6 Å². The molecule has 0 aliphatic heterocycles. The van der Waals surface area contributed by atoms with E-state index in [2.05, 4.69) is 0 Å². The highest BCUT2D eigenvalue weighted by molar-refractivity contribution is 6.30. The van der Waals surface area contributed by atoms with Crippen LogP contribution in [0.25, 0.3) is 0 Å². The number of pyridine rings is 1. The van der Waals surface area contributed by atoms with Gasteiger partial charge in [0.25, 0.3) is 5.56 Å². The van der Waals surface area contributed by atoms with Gasteiger partial charge in [-0.15, -0.1) is 0 Å². The third-order valence-corrected chi connectivity index (χ3v) is 3.51. The normalized spacial score (nSPS) is 12.4. The van der Waals surface area contributed by atoms with Crippen molar-refractivity contribution in [2.75, 3.05) is 7.11 Å². The molecule has 0 saturated carbocycles. The molecule has 0 amide bonds.